The minimum absolute atomic E-state index is 0.712. The first-order valence-corrected chi connectivity index (χ1v) is 5.54. The first kappa shape index (κ1) is 13.4. The lowest BCUT2D eigenvalue weighted by atomic mass is 10.6. The minimum atomic E-state index is -3.58. The Bertz CT molecular complexity index is 385. The van der Waals surface area contributed by atoms with Gasteiger partial charge in [-0.2, -0.15) is 0 Å². The maximum atomic E-state index is 11.1. The van der Waals surface area contributed by atoms with E-state index in [4.69, 9.17) is 0 Å². The monoisotopic (exact) mass is 232 g/mol. The molecule has 0 bridgehead atoms. The van der Waals surface area contributed by atoms with Crippen LogP contribution in [0.5, 0.6) is 0 Å². The molecule has 0 fully saturated rings. The van der Waals surface area contributed by atoms with Gasteiger partial charge in [-0.05, 0) is 13.0 Å². The van der Waals surface area contributed by atoms with Gasteiger partial charge < -0.3 is 5.32 Å². The molecule has 2 N–H and O–H groups in total. The summed E-state index contributed by atoms with van der Waals surface area (Å²) in [5.41, 5.74) is 0. The van der Waals surface area contributed by atoms with Crippen molar-refractivity contribution >= 4 is 21.8 Å². The van der Waals surface area contributed by atoms with Crippen molar-refractivity contribution < 1.29 is 18.0 Å². The van der Waals surface area contributed by atoms with E-state index >= 15 is 0 Å². The van der Waals surface area contributed by atoms with Gasteiger partial charge in [-0.3, -0.25) is 10.1 Å². The number of carbonyl (C=O) groups excluding carboxylic acids is 2. The van der Waals surface area contributed by atoms with Crippen LogP contribution in [0, 0.1) is 0 Å². The molecule has 0 spiro atoms. The van der Waals surface area contributed by atoms with Gasteiger partial charge in [0, 0.05) is 5.41 Å². The number of carbonyl (C=O) groups is 2. The van der Waals surface area contributed by atoms with Gasteiger partial charge in [0.05, 0.1) is 0 Å². The molecule has 7 heteroatoms. The molecular weight excluding hydrogens is 220 g/mol. The highest BCUT2D eigenvalue weighted by Crippen LogP contribution is 1.98. The van der Waals surface area contributed by atoms with Crippen LogP contribution in [-0.4, -0.2) is 25.7 Å². The molecule has 0 aliphatic rings. The summed E-state index contributed by atoms with van der Waals surface area (Å²) in [7, 11) is -3.58. The van der Waals surface area contributed by atoms with Crippen LogP contribution < -0.4 is 10.6 Å². The van der Waals surface area contributed by atoms with Gasteiger partial charge in [0.1, 0.15) is 5.37 Å². The fraction of sp³-hybridized carbons (Fsp3) is 0.250. The van der Waals surface area contributed by atoms with E-state index in [1.165, 1.54) is 6.92 Å². The molecule has 0 aromatic carbocycles. The fourth-order valence-corrected chi connectivity index (χ4v) is 1.17. The molecule has 15 heavy (non-hydrogen) atoms. The zero-order valence-electron chi connectivity index (χ0n) is 8.19. The molecule has 0 radical (unpaired) electrons. The summed E-state index contributed by atoms with van der Waals surface area (Å²) in [6.07, 6.45) is 0.895. The predicted molar refractivity (Wildman–Crippen MR) is 55.5 cm³/mol. The highest BCUT2D eigenvalue weighted by atomic mass is 32.2. The van der Waals surface area contributed by atoms with Crippen molar-refractivity contribution in [2.24, 2.45) is 0 Å². The number of amides is 3. The van der Waals surface area contributed by atoms with Crippen molar-refractivity contribution in [2.45, 2.75) is 12.3 Å². The van der Waals surface area contributed by atoms with E-state index in [0.717, 1.165) is 11.5 Å². The molecule has 0 aromatic rings. The minimum Gasteiger partial charge on any atom is -0.321 e. The zero-order valence-corrected chi connectivity index (χ0v) is 9.00. The Kier molecular flexibility index (Phi) is 4.72. The molecule has 0 heterocycles. The quantitative estimate of drug-likeness (QED) is 0.662. The first-order chi connectivity index (χ1) is 6.83. The molecule has 0 saturated heterocycles. The van der Waals surface area contributed by atoms with Crippen molar-refractivity contribution in [2.75, 3.05) is 0 Å². The molecule has 84 valence electrons. The van der Waals surface area contributed by atoms with Gasteiger partial charge in [-0.15, -0.1) is 0 Å². The third kappa shape index (κ3) is 4.41. The van der Waals surface area contributed by atoms with Gasteiger partial charge in [0.15, 0.2) is 9.84 Å². The number of urea groups is 1. The van der Waals surface area contributed by atoms with Gasteiger partial charge in [0.2, 0.25) is 0 Å². The van der Waals surface area contributed by atoms with Crippen molar-refractivity contribution in [1.29, 1.82) is 0 Å². The van der Waals surface area contributed by atoms with Crippen LogP contribution in [0.4, 0.5) is 4.79 Å². The molecule has 0 aliphatic heterocycles. The Morgan fingerprint density at radius 3 is 2.27 bits per heavy atom. The van der Waals surface area contributed by atoms with E-state index in [-0.39, 0.29) is 0 Å². The number of sulfone groups is 1. The molecule has 6 nitrogen and oxygen atoms in total. The highest BCUT2D eigenvalue weighted by Gasteiger charge is 2.19. The second-order valence-corrected chi connectivity index (χ2v) is 4.78. The van der Waals surface area contributed by atoms with Gasteiger partial charge in [-0.1, -0.05) is 13.2 Å². The van der Waals surface area contributed by atoms with Crippen LogP contribution in [0.2, 0.25) is 0 Å². The lowest BCUT2D eigenvalue weighted by molar-refractivity contribution is -0.115. The van der Waals surface area contributed by atoms with Crippen LogP contribution >= 0.6 is 0 Å². The number of nitrogens with one attached hydrogen (secondary N) is 2. The Hall–Kier alpha value is -1.63. The molecule has 0 aliphatic carbocycles. The maximum absolute atomic E-state index is 11.1. The standard InChI is InChI=1S/C8H12N2O4S/c1-4-7(11)10-8(12)9-6(3)15(13,14)5-2/h4-6H,1-2H2,3H3,(H2,9,10,11,12). The molecule has 0 aromatic heterocycles. The third-order valence-corrected chi connectivity index (χ3v) is 3.05. The van der Waals surface area contributed by atoms with Crippen LogP contribution in [0.3, 0.4) is 0 Å². The van der Waals surface area contributed by atoms with E-state index in [1.54, 1.807) is 0 Å². The van der Waals surface area contributed by atoms with Gasteiger partial charge in [-0.25, -0.2) is 13.2 Å². The Balaban J connectivity index is 4.38. The summed E-state index contributed by atoms with van der Waals surface area (Å²) in [5.74, 6) is -0.712. The topological polar surface area (TPSA) is 92.3 Å². The van der Waals surface area contributed by atoms with E-state index in [2.05, 4.69) is 18.5 Å². The predicted octanol–water partition coefficient (Wildman–Crippen LogP) is -0.0975. The Morgan fingerprint density at radius 1 is 1.33 bits per heavy atom. The van der Waals surface area contributed by atoms with Crippen molar-refractivity contribution in [1.82, 2.24) is 10.6 Å². The average Bonchev–Trinajstić information content (AvgIpc) is 2.17. The third-order valence-electron chi connectivity index (χ3n) is 1.48. The van der Waals surface area contributed by atoms with Crippen LogP contribution in [0.25, 0.3) is 0 Å². The van der Waals surface area contributed by atoms with Crippen LogP contribution in [-0.2, 0) is 14.6 Å². The number of imide groups is 1. The van der Waals surface area contributed by atoms with Crippen molar-refractivity contribution in [3.63, 3.8) is 0 Å². The first-order valence-electron chi connectivity index (χ1n) is 3.93. The largest absolute Gasteiger partial charge is 0.322 e. The van der Waals surface area contributed by atoms with Crippen molar-refractivity contribution in [3.05, 3.63) is 24.6 Å². The zero-order chi connectivity index (χ0) is 12.1. The summed E-state index contributed by atoms with van der Waals surface area (Å²) in [5, 5.41) is 3.49. The Morgan fingerprint density at radius 2 is 1.87 bits per heavy atom. The normalized spacial score (nSPS) is 12.3. The summed E-state index contributed by atoms with van der Waals surface area (Å²) in [6.45, 7) is 7.49. The lowest BCUT2D eigenvalue weighted by Gasteiger charge is -2.11. The second-order valence-electron chi connectivity index (χ2n) is 2.56. The van der Waals surface area contributed by atoms with Gasteiger partial charge in [0.25, 0.3) is 5.91 Å². The number of hydrogen-bond acceptors (Lipinski definition) is 4. The molecule has 3 amide bonds. The lowest BCUT2D eigenvalue weighted by Crippen LogP contribution is -2.45. The van der Waals surface area contributed by atoms with E-state index in [9.17, 15) is 18.0 Å². The smallest absolute Gasteiger partial charge is 0.321 e. The SMILES string of the molecule is C=CC(=O)NC(=O)NC(C)S(=O)(=O)C=C. The molecule has 0 rings (SSSR count). The second kappa shape index (κ2) is 5.30. The molecule has 0 saturated carbocycles. The van der Waals surface area contributed by atoms with Crippen molar-refractivity contribution in [3.8, 4) is 0 Å². The van der Waals surface area contributed by atoms with E-state index in [0.29, 0.717) is 0 Å². The number of rotatable bonds is 4. The van der Waals surface area contributed by atoms with E-state index in [1.807, 2.05) is 5.32 Å². The summed E-state index contributed by atoms with van der Waals surface area (Å²) < 4.78 is 22.2. The van der Waals surface area contributed by atoms with E-state index < -0.39 is 27.1 Å². The molecule has 1 atom stereocenters. The summed E-state index contributed by atoms with van der Waals surface area (Å²) >= 11 is 0. The van der Waals surface area contributed by atoms with Gasteiger partial charge >= 0.3 is 6.03 Å². The molecular formula is C8H12N2O4S. The van der Waals surface area contributed by atoms with Crippen LogP contribution in [0.1, 0.15) is 6.92 Å². The summed E-state index contributed by atoms with van der Waals surface area (Å²) in [6, 6.07) is -0.905. The maximum Gasteiger partial charge on any atom is 0.322 e. The Labute approximate surface area is 88.0 Å². The van der Waals surface area contributed by atoms with Crippen LogP contribution in [0.15, 0.2) is 24.6 Å². The highest BCUT2D eigenvalue weighted by molar-refractivity contribution is 7.94. The summed E-state index contributed by atoms with van der Waals surface area (Å²) in [4.78, 5) is 21.7. The fourth-order valence-electron chi connectivity index (χ4n) is 0.610. The molecule has 1 unspecified atom stereocenters. The average molecular weight is 232 g/mol. The number of hydrogen-bond donors (Lipinski definition) is 2.